The van der Waals surface area contributed by atoms with Gasteiger partial charge in [0.1, 0.15) is 18.0 Å². The summed E-state index contributed by atoms with van der Waals surface area (Å²) in [6.07, 6.45) is -0.461. The second-order valence-electron chi connectivity index (χ2n) is 6.61. The zero-order valence-corrected chi connectivity index (χ0v) is 14.8. The summed E-state index contributed by atoms with van der Waals surface area (Å²) in [5, 5.41) is 2.65. The maximum absolute atomic E-state index is 11.6. The van der Waals surface area contributed by atoms with E-state index in [1.165, 1.54) is 0 Å². The van der Waals surface area contributed by atoms with E-state index in [9.17, 15) is 4.79 Å². The van der Waals surface area contributed by atoms with E-state index in [1.54, 1.807) is 6.07 Å². The first-order valence-electron chi connectivity index (χ1n) is 8.10. The lowest BCUT2D eigenvalue weighted by atomic mass is 10.0. The van der Waals surface area contributed by atoms with Gasteiger partial charge in [-0.25, -0.2) is 4.79 Å². The number of rotatable bonds is 5. The van der Waals surface area contributed by atoms with Crippen LogP contribution in [0.3, 0.4) is 0 Å². The molecule has 0 radical (unpaired) electrons. The van der Waals surface area contributed by atoms with Gasteiger partial charge in [-0.3, -0.25) is 0 Å². The molecular weight excluding hydrogens is 318 g/mol. The van der Waals surface area contributed by atoms with E-state index in [4.69, 9.17) is 20.9 Å². The fourth-order valence-corrected chi connectivity index (χ4v) is 2.22. The molecule has 0 saturated heterocycles. The predicted molar refractivity (Wildman–Crippen MR) is 100 cm³/mol. The van der Waals surface area contributed by atoms with Crippen molar-refractivity contribution in [2.45, 2.75) is 26.4 Å². The highest BCUT2D eigenvalue weighted by atomic mass is 16.6. The first-order chi connectivity index (χ1) is 11.8. The average molecular weight is 343 g/mol. The van der Waals surface area contributed by atoms with E-state index in [1.807, 2.05) is 57.2 Å². The van der Waals surface area contributed by atoms with Crippen LogP contribution in [-0.2, 0) is 4.74 Å². The highest BCUT2D eigenvalue weighted by Gasteiger charge is 2.15. The van der Waals surface area contributed by atoms with Gasteiger partial charge in [0, 0.05) is 5.56 Å². The van der Waals surface area contributed by atoms with Crippen LogP contribution in [0, 0.1) is 0 Å². The zero-order chi connectivity index (χ0) is 18.4. The summed E-state index contributed by atoms with van der Waals surface area (Å²) in [6, 6.07) is 13.1. The van der Waals surface area contributed by atoms with Crippen molar-refractivity contribution in [1.82, 2.24) is 5.32 Å². The second kappa shape index (κ2) is 7.79. The normalized spacial score (nSPS) is 11.0. The molecule has 2 aromatic carbocycles. The number of hydrogen-bond donors (Lipinski definition) is 3. The number of hydrogen-bond acceptors (Lipinski definition) is 5. The molecule has 0 saturated carbocycles. The lowest BCUT2D eigenvalue weighted by Crippen LogP contribution is -2.34. The summed E-state index contributed by atoms with van der Waals surface area (Å²) in [7, 11) is 0. The Balaban J connectivity index is 1.92. The van der Waals surface area contributed by atoms with Gasteiger partial charge in [0.05, 0.1) is 17.9 Å². The van der Waals surface area contributed by atoms with Gasteiger partial charge >= 0.3 is 6.09 Å². The molecule has 0 unspecified atom stereocenters. The maximum atomic E-state index is 11.6. The van der Waals surface area contributed by atoms with Crippen molar-refractivity contribution in [3.05, 3.63) is 42.5 Å². The van der Waals surface area contributed by atoms with Gasteiger partial charge in [-0.1, -0.05) is 24.3 Å². The highest BCUT2D eigenvalue weighted by Crippen LogP contribution is 2.31. The summed E-state index contributed by atoms with van der Waals surface area (Å²) in [5.41, 5.74) is 14.3. The third kappa shape index (κ3) is 5.60. The first kappa shape index (κ1) is 18.4. The fraction of sp³-hybridized carbons (Fsp3) is 0.316. The van der Waals surface area contributed by atoms with E-state index in [0.717, 1.165) is 11.1 Å². The van der Waals surface area contributed by atoms with Crippen LogP contribution in [0.4, 0.5) is 16.2 Å². The Morgan fingerprint density at radius 3 is 2.56 bits per heavy atom. The second-order valence-corrected chi connectivity index (χ2v) is 6.61. The number of para-hydroxylation sites is 1. The molecule has 1 amide bonds. The summed E-state index contributed by atoms with van der Waals surface area (Å²) >= 11 is 0. The van der Waals surface area contributed by atoms with Crippen molar-refractivity contribution in [3.8, 4) is 16.9 Å². The van der Waals surface area contributed by atoms with Crippen molar-refractivity contribution in [2.75, 3.05) is 24.6 Å². The molecule has 0 atom stereocenters. The molecular formula is C19H25N3O3. The zero-order valence-electron chi connectivity index (χ0n) is 14.8. The first-order valence-corrected chi connectivity index (χ1v) is 8.10. The number of amides is 1. The summed E-state index contributed by atoms with van der Waals surface area (Å²) < 4.78 is 10.8. The van der Waals surface area contributed by atoms with E-state index in [0.29, 0.717) is 30.3 Å². The van der Waals surface area contributed by atoms with Gasteiger partial charge in [-0.05, 0) is 44.5 Å². The molecule has 134 valence electrons. The number of nitrogens with two attached hydrogens (primary N) is 2. The van der Waals surface area contributed by atoms with E-state index in [-0.39, 0.29) is 0 Å². The molecule has 0 aliphatic carbocycles. The fourth-order valence-electron chi connectivity index (χ4n) is 2.22. The minimum Gasteiger partial charge on any atom is -0.492 e. The minimum atomic E-state index is -0.517. The quantitative estimate of drug-likeness (QED) is 0.570. The number of carbonyl (C=O) groups excluding carboxylic acids is 1. The van der Waals surface area contributed by atoms with Crippen LogP contribution in [0.5, 0.6) is 5.75 Å². The molecule has 2 aromatic rings. The summed E-state index contributed by atoms with van der Waals surface area (Å²) in [5.74, 6) is 0.685. The van der Waals surface area contributed by atoms with Crippen LogP contribution >= 0.6 is 0 Å². The Labute approximate surface area is 148 Å². The van der Waals surface area contributed by atoms with E-state index in [2.05, 4.69) is 5.32 Å². The van der Waals surface area contributed by atoms with E-state index >= 15 is 0 Å². The number of anilines is 2. The van der Waals surface area contributed by atoms with Crippen LogP contribution in [0.15, 0.2) is 42.5 Å². The SMILES string of the molecule is CC(C)(C)OC(=O)NCCOc1cccc(-c2cccc(N)c2N)c1. The number of alkyl carbamates (subject to hydrolysis) is 1. The Kier molecular flexibility index (Phi) is 5.75. The van der Waals surface area contributed by atoms with Gasteiger partial charge in [0.15, 0.2) is 0 Å². The molecule has 0 aromatic heterocycles. The highest BCUT2D eigenvalue weighted by molar-refractivity contribution is 5.84. The van der Waals surface area contributed by atoms with Gasteiger partial charge in [-0.2, -0.15) is 0 Å². The number of ether oxygens (including phenoxy) is 2. The van der Waals surface area contributed by atoms with Crippen molar-refractivity contribution in [3.63, 3.8) is 0 Å². The van der Waals surface area contributed by atoms with E-state index < -0.39 is 11.7 Å². The molecule has 0 heterocycles. The Morgan fingerprint density at radius 1 is 1.12 bits per heavy atom. The van der Waals surface area contributed by atoms with Crippen molar-refractivity contribution in [1.29, 1.82) is 0 Å². The minimum absolute atomic E-state index is 0.328. The third-order valence-electron chi connectivity index (χ3n) is 3.32. The van der Waals surface area contributed by atoms with Crippen LogP contribution in [0.2, 0.25) is 0 Å². The maximum Gasteiger partial charge on any atom is 0.407 e. The van der Waals surface area contributed by atoms with Crippen LogP contribution in [-0.4, -0.2) is 24.8 Å². The third-order valence-corrected chi connectivity index (χ3v) is 3.32. The van der Waals surface area contributed by atoms with Gasteiger partial charge in [0.25, 0.3) is 0 Å². The number of nitrogens with one attached hydrogen (secondary N) is 1. The molecule has 0 aliphatic heterocycles. The average Bonchev–Trinajstić information content (AvgIpc) is 2.53. The molecule has 0 bridgehead atoms. The van der Waals surface area contributed by atoms with Crippen molar-refractivity contribution >= 4 is 17.5 Å². The largest absolute Gasteiger partial charge is 0.492 e. The van der Waals surface area contributed by atoms with Crippen LogP contribution in [0.25, 0.3) is 11.1 Å². The predicted octanol–water partition coefficient (Wildman–Crippen LogP) is 3.42. The number of carbonyl (C=O) groups is 1. The summed E-state index contributed by atoms with van der Waals surface area (Å²) in [6.45, 7) is 6.12. The number of nitrogen functional groups attached to an aromatic ring is 2. The lowest BCUT2D eigenvalue weighted by Gasteiger charge is -2.19. The molecule has 0 spiro atoms. The van der Waals surface area contributed by atoms with Crippen molar-refractivity contribution < 1.29 is 14.3 Å². The van der Waals surface area contributed by atoms with Crippen LogP contribution in [0.1, 0.15) is 20.8 Å². The smallest absolute Gasteiger partial charge is 0.407 e. The molecule has 6 heteroatoms. The van der Waals surface area contributed by atoms with Crippen LogP contribution < -0.4 is 21.5 Å². The standard InChI is InChI=1S/C19H25N3O3/c1-19(2,3)25-18(23)22-10-11-24-14-7-4-6-13(12-14)15-8-5-9-16(20)17(15)21/h4-9,12H,10-11,20-21H2,1-3H3,(H,22,23). The molecule has 2 rings (SSSR count). The molecule has 6 nitrogen and oxygen atoms in total. The van der Waals surface area contributed by atoms with Gasteiger partial charge < -0.3 is 26.3 Å². The Morgan fingerprint density at radius 2 is 1.84 bits per heavy atom. The lowest BCUT2D eigenvalue weighted by molar-refractivity contribution is 0.0520. The molecule has 0 aliphatic rings. The van der Waals surface area contributed by atoms with Gasteiger partial charge in [-0.15, -0.1) is 0 Å². The topological polar surface area (TPSA) is 99.6 Å². The molecule has 5 N–H and O–H groups in total. The van der Waals surface area contributed by atoms with Crippen molar-refractivity contribution in [2.24, 2.45) is 0 Å². The molecule has 0 fully saturated rings. The monoisotopic (exact) mass is 343 g/mol. The van der Waals surface area contributed by atoms with Gasteiger partial charge in [0.2, 0.25) is 0 Å². The Hall–Kier alpha value is -2.89. The number of benzene rings is 2. The Bertz CT molecular complexity index is 739. The summed E-state index contributed by atoms with van der Waals surface area (Å²) in [4.78, 5) is 11.6. The molecule has 25 heavy (non-hydrogen) atoms.